The first kappa shape index (κ1) is 22.1. The number of allylic oxidation sites excluding steroid dienone is 1. The van der Waals surface area contributed by atoms with Crippen LogP contribution in [-0.4, -0.2) is 48.9 Å². The Morgan fingerprint density at radius 2 is 2.14 bits per heavy atom. The van der Waals surface area contributed by atoms with Gasteiger partial charge in [-0.2, -0.15) is 0 Å². The van der Waals surface area contributed by atoms with Crippen molar-refractivity contribution in [3.63, 3.8) is 0 Å². The summed E-state index contributed by atoms with van der Waals surface area (Å²) in [5.74, 6) is -2.41. The highest BCUT2D eigenvalue weighted by Gasteiger charge is 2.46. The first-order valence-corrected chi connectivity index (χ1v) is 9.80. The van der Waals surface area contributed by atoms with Gasteiger partial charge in [-0.15, -0.1) is 0 Å². The molecule has 5 atom stereocenters. The monoisotopic (exact) mass is 394 g/mol. The molecule has 1 aliphatic heterocycles. The van der Waals surface area contributed by atoms with Gasteiger partial charge in [0.2, 0.25) is 0 Å². The maximum absolute atomic E-state index is 12.5. The molecule has 0 spiro atoms. The second-order valence-corrected chi connectivity index (χ2v) is 7.57. The predicted octanol–water partition coefficient (Wildman–Crippen LogP) is 2.32. The van der Waals surface area contributed by atoms with E-state index < -0.39 is 36.0 Å². The molecule has 156 valence electrons. The number of hydrogen-bond acceptors (Lipinski definition) is 7. The third-order valence-electron chi connectivity index (χ3n) is 5.66. The molecular weight excluding hydrogens is 364 g/mol. The zero-order valence-corrected chi connectivity index (χ0v) is 16.8. The van der Waals surface area contributed by atoms with Gasteiger partial charge in [0.25, 0.3) is 0 Å². The number of methoxy groups -OCH3 is 1. The number of aliphatic hydroxyl groups is 1. The predicted molar refractivity (Wildman–Crippen MR) is 101 cm³/mol. The van der Waals surface area contributed by atoms with Gasteiger partial charge in [0, 0.05) is 24.2 Å². The maximum atomic E-state index is 12.5. The normalized spacial score (nSPS) is 31.1. The fourth-order valence-corrected chi connectivity index (χ4v) is 3.68. The van der Waals surface area contributed by atoms with Crippen molar-refractivity contribution in [3.05, 3.63) is 23.8 Å². The van der Waals surface area contributed by atoms with Crippen molar-refractivity contribution in [2.45, 2.75) is 58.2 Å². The average molecular weight is 394 g/mol. The zero-order valence-electron chi connectivity index (χ0n) is 16.8. The van der Waals surface area contributed by atoms with E-state index in [0.717, 1.165) is 0 Å². The number of rotatable bonds is 5. The van der Waals surface area contributed by atoms with Gasteiger partial charge >= 0.3 is 17.9 Å². The minimum Gasteiger partial charge on any atom is -0.466 e. The van der Waals surface area contributed by atoms with E-state index in [2.05, 4.69) is 6.58 Å². The average Bonchev–Trinajstić information content (AvgIpc) is 2.97. The summed E-state index contributed by atoms with van der Waals surface area (Å²) >= 11 is 0. The lowest BCUT2D eigenvalue weighted by molar-refractivity contribution is -0.158. The molecule has 0 aromatic rings. The molecule has 1 aliphatic carbocycles. The Morgan fingerprint density at radius 1 is 1.43 bits per heavy atom. The molecule has 0 saturated carbocycles. The van der Waals surface area contributed by atoms with Gasteiger partial charge in [0.1, 0.15) is 12.2 Å². The molecule has 1 fully saturated rings. The molecule has 1 N–H and O–H groups in total. The van der Waals surface area contributed by atoms with E-state index in [1.54, 1.807) is 13.0 Å². The number of aliphatic hydroxyl groups excluding tert-OH is 1. The van der Waals surface area contributed by atoms with Crippen LogP contribution in [0.4, 0.5) is 0 Å². The number of ether oxygens (including phenoxy) is 3. The molecule has 1 heterocycles. The van der Waals surface area contributed by atoms with Crippen molar-refractivity contribution in [1.82, 2.24) is 0 Å². The van der Waals surface area contributed by atoms with E-state index in [1.807, 2.05) is 6.92 Å². The standard InChI is InChI=1S/C21H30O7/c1-5-12(2)19(23)27-17-10-15(21(25)26-4)8-6-7-14(11-22)9-16-18(17)13(3)20(24)28-16/h8,12,14,16-18,22H,3,5-7,9-11H2,1-2,4H3/b15-8+/t12-,14-,16+,17+,18-/m0/s1. The fourth-order valence-electron chi connectivity index (χ4n) is 3.68. The third-order valence-corrected chi connectivity index (χ3v) is 5.66. The molecule has 28 heavy (non-hydrogen) atoms. The third kappa shape index (κ3) is 5.01. The van der Waals surface area contributed by atoms with Crippen LogP contribution in [0.25, 0.3) is 0 Å². The Hall–Kier alpha value is -2.15. The maximum Gasteiger partial charge on any atom is 0.334 e. The highest BCUT2D eigenvalue weighted by Crippen LogP contribution is 2.38. The molecule has 0 aromatic carbocycles. The number of carbonyl (C=O) groups is 3. The minimum absolute atomic E-state index is 0.0635. The molecule has 0 aromatic heterocycles. The number of carbonyl (C=O) groups excluding carboxylic acids is 3. The first-order chi connectivity index (χ1) is 13.3. The molecular formula is C21H30O7. The van der Waals surface area contributed by atoms with E-state index in [0.29, 0.717) is 31.3 Å². The number of hydrogen-bond donors (Lipinski definition) is 1. The highest BCUT2D eigenvalue weighted by atomic mass is 16.6. The first-order valence-electron chi connectivity index (χ1n) is 9.80. The van der Waals surface area contributed by atoms with Crippen LogP contribution < -0.4 is 0 Å². The molecule has 0 amide bonds. The molecule has 2 rings (SSSR count). The van der Waals surface area contributed by atoms with Crippen LogP contribution in [-0.2, 0) is 28.6 Å². The van der Waals surface area contributed by atoms with Gasteiger partial charge in [0.05, 0.1) is 18.9 Å². The number of fused-ring (bicyclic) bond motifs is 1. The molecule has 0 radical (unpaired) electrons. The Labute approximate surface area is 165 Å². The summed E-state index contributed by atoms with van der Waals surface area (Å²) in [4.78, 5) is 36.9. The van der Waals surface area contributed by atoms with Crippen molar-refractivity contribution in [2.75, 3.05) is 13.7 Å². The smallest absolute Gasteiger partial charge is 0.334 e. The summed E-state index contributed by atoms with van der Waals surface area (Å²) in [7, 11) is 1.29. The Kier molecular flexibility index (Phi) is 7.80. The van der Waals surface area contributed by atoms with Gasteiger partial charge in [-0.3, -0.25) is 4.79 Å². The van der Waals surface area contributed by atoms with Gasteiger partial charge in [0.15, 0.2) is 0 Å². The molecule has 2 aliphatic rings. The van der Waals surface area contributed by atoms with Crippen LogP contribution in [0.1, 0.15) is 46.0 Å². The van der Waals surface area contributed by atoms with Crippen molar-refractivity contribution in [2.24, 2.45) is 17.8 Å². The lowest BCUT2D eigenvalue weighted by Gasteiger charge is -2.30. The van der Waals surface area contributed by atoms with Gasteiger partial charge < -0.3 is 19.3 Å². The molecule has 1 saturated heterocycles. The second kappa shape index (κ2) is 9.87. The largest absolute Gasteiger partial charge is 0.466 e. The van der Waals surface area contributed by atoms with E-state index in [1.165, 1.54) is 7.11 Å². The number of esters is 3. The van der Waals surface area contributed by atoms with Crippen LogP contribution in [0.3, 0.4) is 0 Å². The molecule has 7 heteroatoms. The Morgan fingerprint density at radius 3 is 2.75 bits per heavy atom. The van der Waals surface area contributed by atoms with Crippen molar-refractivity contribution < 1.29 is 33.7 Å². The molecule has 7 nitrogen and oxygen atoms in total. The molecule has 0 unspecified atom stereocenters. The van der Waals surface area contributed by atoms with E-state index in [4.69, 9.17) is 14.2 Å². The van der Waals surface area contributed by atoms with Crippen LogP contribution >= 0.6 is 0 Å². The van der Waals surface area contributed by atoms with Crippen LogP contribution in [0.5, 0.6) is 0 Å². The topological polar surface area (TPSA) is 99.1 Å². The Balaban J connectivity index is 2.42. The van der Waals surface area contributed by atoms with E-state index >= 15 is 0 Å². The molecule has 0 bridgehead atoms. The van der Waals surface area contributed by atoms with Crippen molar-refractivity contribution >= 4 is 17.9 Å². The summed E-state index contributed by atoms with van der Waals surface area (Å²) < 4.78 is 16.1. The summed E-state index contributed by atoms with van der Waals surface area (Å²) in [6.07, 6.45) is 2.83. The summed E-state index contributed by atoms with van der Waals surface area (Å²) in [6, 6.07) is 0. The minimum atomic E-state index is -0.770. The summed E-state index contributed by atoms with van der Waals surface area (Å²) in [5.41, 5.74) is 0.613. The summed E-state index contributed by atoms with van der Waals surface area (Å²) in [5, 5.41) is 9.70. The van der Waals surface area contributed by atoms with E-state index in [-0.39, 0.29) is 30.4 Å². The quantitative estimate of drug-likeness (QED) is 0.434. The fraction of sp³-hybridized carbons (Fsp3) is 0.667. The van der Waals surface area contributed by atoms with Crippen LogP contribution in [0, 0.1) is 17.8 Å². The lowest BCUT2D eigenvalue weighted by atomic mass is 9.81. The van der Waals surface area contributed by atoms with Gasteiger partial charge in [-0.05, 0) is 31.6 Å². The van der Waals surface area contributed by atoms with Crippen LogP contribution in [0.2, 0.25) is 0 Å². The summed E-state index contributed by atoms with van der Waals surface area (Å²) in [6.45, 7) is 7.43. The van der Waals surface area contributed by atoms with Gasteiger partial charge in [-0.25, -0.2) is 9.59 Å². The van der Waals surface area contributed by atoms with Crippen LogP contribution in [0.15, 0.2) is 23.8 Å². The highest BCUT2D eigenvalue weighted by molar-refractivity contribution is 5.91. The Bertz CT molecular complexity index is 651. The second-order valence-electron chi connectivity index (χ2n) is 7.57. The SMILES string of the molecule is C=C1C(=O)O[C@@H]2C[C@@H](CO)CC/C=C(/C(=O)OC)C[C@@H](OC(=O)[C@@H](C)CC)[C@@H]12. The van der Waals surface area contributed by atoms with Crippen molar-refractivity contribution in [1.29, 1.82) is 0 Å². The zero-order chi connectivity index (χ0) is 20.8. The lowest BCUT2D eigenvalue weighted by Crippen LogP contribution is -2.37. The van der Waals surface area contributed by atoms with Gasteiger partial charge in [-0.1, -0.05) is 26.5 Å². The van der Waals surface area contributed by atoms with Crippen molar-refractivity contribution in [3.8, 4) is 0 Å². The van der Waals surface area contributed by atoms with E-state index in [9.17, 15) is 19.5 Å².